The number of nitrogens with one attached hydrogen (secondary N) is 1. The summed E-state index contributed by atoms with van der Waals surface area (Å²) in [5.74, 6) is -0.211. The van der Waals surface area contributed by atoms with Crippen LogP contribution in [0.3, 0.4) is 0 Å². The lowest BCUT2D eigenvalue weighted by Gasteiger charge is -2.19. The Hall–Kier alpha value is -3.77. The largest absolute Gasteiger partial charge is 0.321 e. The minimum absolute atomic E-state index is 0.211. The van der Waals surface area contributed by atoms with E-state index in [0.29, 0.717) is 28.2 Å². The van der Waals surface area contributed by atoms with Crippen LogP contribution in [0.4, 0.5) is 0 Å². The normalized spacial score (nSPS) is 15.8. The summed E-state index contributed by atoms with van der Waals surface area (Å²) in [5.41, 5.74) is 3.75. The van der Waals surface area contributed by atoms with Crippen LogP contribution in [0.25, 0.3) is 22.0 Å². The fourth-order valence-electron chi connectivity index (χ4n) is 4.20. The molecule has 1 aliphatic rings. The highest BCUT2D eigenvalue weighted by Gasteiger charge is 2.34. The third-order valence-corrected chi connectivity index (χ3v) is 5.82. The van der Waals surface area contributed by atoms with Gasteiger partial charge in [0, 0.05) is 41.0 Å². The number of H-pyrrole nitrogens is 1. The SMILES string of the molecule is CC(=O)N1N=C(c2c(-c3ccccc3)c3cc(Cl)ccc3[nH]c2=O)C[C@H]1c1ccccn1. The molecule has 1 amide bonds. The van der Waals surface area contributed by atoms with Gasteiger partial charge in [0.25, 0.3) is 5.56 Å². The van der Waals surface area contributed by atoms with Crippen LogP contribution in [0.2, 0.25) is 5.02 Å². The number of aromatic amines is 1. The number of nitrogens with zero attached hydrogens (tertiary/aromatic N) is 3. The van der Waals surface area contributed by atoms with E-state index in [4.69, 9.17) is 11.6 Å². The lowest BCUT2D eigenvalue weighted by molar-refractivity contribution is -0.130. The summed E-state index contributed by atoms with van der Waals surface area (Å²) in [5, 5.41) is 7.39. The van der Waals surface area contributed by atoms with Crippen molar-refractivity contribution in [1.29, 1.82) is 0 Å². The van der Waals surface area contributed by atoms with Gasteiger partial charge in [-0.1, -0.05) is 48.0 Å². The predicted molar refractivity (Wildman–Crippen MR) is 126 cm³/mol. The first-order valence-corrected chi connectivity index (χ1v) is 10.6. The molecule has 5 rings (SSSR count). The summed E-state index contributed by atoms with van der Waals surface area (Å²) < 4.78 is 0. The maximum atomic E-state index is 13.3. The molecule has 3 heterocycles. The molecular formula is C25H19ClN4O2. The Kier molecular flexibility index (Phi) is 5.07. The fraction of sp³-hybridized carbons (Fsp3) is 0.120. The average Bonchev–Trinajstić information content (AvgIpc) is 3.25. The first-order chi connectivity index (χ1) is 15.5. The molecule has 1 atom stereocenters. The highest BCUT2D eigenvalue weighted by Crippen LogP contribution is 2.36. The van der Waals surface area contributed by atoms with Gasteiger partial charge < -0.3 is 4.98 Å². The van der Waals surface area contributed by atoms with Crippen molar-refractivity contribution in [2.24, 2.45) is 5.10 Å². The number of carbonyl (C=O) groups excluding carboxylic acids is 1. The molecule has 0 saturated heterocycles. The van der Waals surface area contributed by atoms with Crippen LogP contribution < -0.4 is 5.56 Å². The van der Waals surface area contributed by atoms with E-state index in [9.17, 15) is 9.59 Å². The van der Waals surface area contributed by atoms with Crippen LogP contribution in [-0.4, -0.2) is 26.6 Å². The smallest absolute Gasteiger partial charge is 0.258 e. The van der Waals surface area contributed by atoms with Crippen molar-refractivity contribution in [3.63, 3.8) is 0 Å². The molecule has 2 aromatic carbocycles. The fourth-order valence-corrected chi connectivity index (χ4v) is 4.37. The van der Waals surface area contributed by atoms with Crippen LogP contribution in [0.15, 0.2) is 82.8 Å². The highest BCUT2D eigenvalue weighted by atomic mass is 35.5. The standard InChI is InChI=1S/C25H19ClN4O2/c1-15(31)30-22(20-9-5-6-12-27-20)14-21(29-30)24-23(16-7-3-2-4-8-16)18-13-17(26)10-11-19(18)28-25(24)32/h2-13,22H,14H2,1H3,(H,28,32)/t22-/m0/s1. The Morgan fingerprint density at radius 3 is 2.56 bits per heavy atom. The van der Waals surface area contributed by atoms with Gasteiger partial charge in [-0.15, -0.1) is 0 Å². The molecular weight excluding hydrogens is 424 g/mol. The van der Waals surface area contributed by atoms with Gasteiger partial charge in [-0.3, -0.25) is 14.6 Å². The molecule has 0 aliphatic carbocycles. The molecule has 0 spiro atoms. The third-order valence-electron chi connectivity index (χ3n) is 5.59. The zero-order valence-corrected chi connectivity index (χ0v) is 18.0. The zero-order chi connectivity index (χ0) is 22.2. The predicted octanol–water partition coefficient (Wildman–Crippen LogP) is 4.94. The second kappa shape index (κ2) is 8.05. The monoisotopic (exact) mass is 442 g/mol. The Balaban J connectivity index is 1.76. The van der Waals surface area contributed by atoms with E-state index < -0.39 is 0 Å². The van der Waals surface area contributed by atoms with Crippen LogP contribution in [-0.2, 0) is 4.79 Å². The first kappa shape index (κ1) is 20.2. The Morgan fingerprint density at radius 1 is 1.06 bits per heavy atom. The summed E-state index contributed by atoms with van der Waals surface area (Å²) in [4.78, 5) is 33.1. The van der Waals surface area contributed by atoms with Gasteiger partial charge in [0.05, 0.1) is 17.0 Å². The van der Waals surface area contributed by atoms with E-state index in [-0.39, 0.29) is 17.5 Å². The number of fused-ring (bicyclic) bond motifs is 1. The topological polar surface area (TPSA) is 78.4 Å². The van der Waals surface area contributed by atoms with Gasteiger partial charge in [-0.2, -0.15) is 5.10 Å². The zero-order valence-electron chi connectivity index (χ0n) is 17.2. The lowest BCUT2D eigenvalue weighted by atomic mass is 9.91. The molecule has 0 saturated carbocycles. The Labute approximate surface area is 189 Å². The van der Waals surface area contributed by atoms with Crippen LogP contribution in [0, 0.1) is 0 Å². The summed E-state index contributed by atoms with van der Waals surface area (Å²) in [6.07, 6.45) is 2.07. The molecule has 32 heavy (non-hydrogen) atoms. The van der Waals surface area contributed by atoms with Crippen molar-refractivity contribution in [2.75, 3.05) is 0 Å². The summed E-state index contributed by atoms with van der Waals surface area (Å²) >= 11 is 6.31. The number of rotatable bonds is 3. The molecule has 0 fully saturated rings. The number of hydrogen-bond acceptors (Lipinski definition) is 4. The van der Waals surface area contributed by atoms with Crippen molar-refractivity contribution in [2.45, 2.75) is 19.4 Å². The van der Waals surface area contributed by atoms with Crippen molar-refractivity contribution in [1.82, 2.24) is 15.0 Å². The molecule has 0 unspecified atom stereocenters. The van der Waals surface area contributed by atoms with E-state index in [0.717, 1.165) is 22.2 Å². The Bertz CT molecular complexity index is 1410. The van der Waals surface area contributed by atoms with Crippen LogP contribution >= 0.6 is 11.6 Å². The number of hydrogen-bond donors (Lipinski definition) is 1. The molecule has 0 radical (unpaired) electrons. The average molecular weight is 443 g/mol. The van der Waals surface area contributed by atoms with Gasteiger partial charge in [-0.05, 0) is 35.9 Å². The molecule has 0 bridgehead atoms. The molecule has 4 aromatic rings. The molecule has 158 valence electrons. The van der Waals surface area contributed by atoms with Gasteiger partial charge in [0.15, 0.2) is 0 Å². The van der Waals surface area contributed by atoms with E-state index in [1.807, 2.05) is 54.6 Å². The second-order valence-electron chi connectivity index (χ2n) is 7.64. The summed E-state index contributed by atoms with van der Waals surface area (Å²) in [7, 11) is 0. The second-order valence-corrected chi connectivity index (χ2v) is 8.08. The van der Waals surface area contributed by atoms with E-state index in [1.54, 1.807) is 18.3 Å². The number of hydrazone groups is 1. The third kappa shape index (κ3) is 3.48. The van der Waals surface area contributed by atoms with Gasteiger partial charge in [0.2, 0.25) is 5.91 Å². The van der Waals surface area contributed by atoms with Crippen molar-refractivity contribution < 1.29 is 4.79 Å². The summed E-state index contributed by atoms with van der Waals surface area (Å²) in [6.45, 7) is 1.46. The molecule has 1 N–H and O–H groups in total. The minimum Gasteiger partial charge on any atom is -0.321 e. The minimum atomic E-state index is -0.373. The molecule has 7 heteroatoms. The number of halogens is 1. The van der Waals surface area contributed by atoms with Crippen molar-refractivity contribution in [3.8, 4) is 11.1 Å². The highest BCUT2D eigenvalue weighted by molar-refractivity contribution is 6.31. The lowest BCUT2D eigenvalue weighted by Crippen LogP contribution is -2.24. The Morgan fingerprint density at radius 2 is 1.84 bits per heavy atom. The number of pyridine rings is 2. The maximum Gasteiger partial charge on any atom is 0.258 e. The maximum absolute atomic E-state index is 13.3. The number of amides is 1. The van der Waals surface area contributed by atoms with Gasteiger partial charge >= 0.3 is 0 Å². The number of aromatic nitrogens is 2. The quantitative estimate of drug-likeness (QED) is 0.488. The molecule has 2 aromatic heterocycles. The van der Waals surface area contributed by atoms with Gasteiger partial charge in [-0.25, -0.2) is 5.01 Å². The number of carbonyl (C=O) groups is 1. The van der Waals surface area contributed by atoms with E-state index in [1.165, 1.54) is 11.9 Å². The van der Waals surface area contributed by atoms with Crippen molar-refractivity contribution in [3.05, 3.63) is 99.6 Å². The molecule has 6 nitrogen and oxygen atoms in total. The molecule has 1 aliphatic heterocycles. The number of benzene rings is 2. The van der Waals surface area contributed by atoms with Crippen molar-refractivity contribution >= 4 is 34.1 Å². The first-order valence-electron chi connectivity index (χ1n) is 10.2. The van der Waals surface area contributed by atoms with Crippen LogP contribution in [0.1, 0.15) is 30.6 Å². The van der Waals surface area contributed by atoms with Gasteiger partial charge in [0.1, 0.15) is 6.04 Å². The van der Waals surface area contributed by atoms with Crippen LogP contribution in [0.5, 0.6) is 0 Å². The summed E-state index contributed by atoms with van der Waals surface area (Å²) in [6, 6.07) is 20.2. The van der Waals surface area contributed by atoms with E-state index in [2.05, 4.69) is 15.1 Å². The van der Waals surface area contributed by atoms with E-state index >= 15 is 0 Å².